The SMILES string of the molecule is CCCCCCc1cc(CCCCCC)cc([Si](c2cc(CC)cc(CC)c2)(c2cc(C(C)(C)C)cc(C(C)(C)C)c2)C2(C)C(C)=C(C)C(C)=[C]2[Ti+3])c1.[Cl-].[Cl-].[Cl-]. The van der Waals surface area contributed by atoms with Gasteiger partial charge in [0.05, 0.1) is 0 Å². The Labute approximate surface area is 377 Å². The van der Waals surface area contributed by atoms with Gasteiger partial charge in [-0.15, -0.1) is 0 Å². The molecule has 0 saturated carbocycles. The van der Waals surface area contributed by atoms with Crippen molar-refractivity contribution in [1.82, 2.24) is 0 Å². The zero-order valence-corrected chi connectivity index (χ0v) is 42.6. The number of aryl methyl sites for hydroxylation is 4. The molecule has 0 spiro atoms. The van der Waals surface area contributed by atoms with Crippen molar-refractivity contribution in [3.8, 4) is 0 Å². The molecule has 3 aromatic rings. The second-order valence-electron chi connectivity index (χ2n) is 18.8. The molecular formula is C51H75Cl3SiTi. The zero-order valence-electron chi connectivity index (χ0n) is 37.8. The third-order valence-corrected chi connectivity index (χ3v) is 20.4. The Kier molecular flexibility index (Phi) is 20.8. The summed E-state index contributed by atoms with van der Waals surface area (Å²) in [4.78, 5) is 0. The Hall–Kier alpha value is -1.06. The van der Waals surface area contributed by atoms with E-state index in [4.69, 9.17) is 0 Å². The zero-order chi connectivity index (χ0) is 39.4. The molecule has 0 aliphatic heterocycles. The number of hydrogen-bond donors (Lipinski definition) is 0. The van der Waals surface area contributed by atoms with Crippen LogP contribution in [-0.2, 0) is 56.9 Å². The number of hydrogen-bond acceptors (Lipinski definition) is 0. The predicted octanol–water partition coefficient (Wildman–Crippen LogP) is 4.07. The van der Waals surface area contributed by atoms with Crippen molar-refractivity contribution in [3.05, 3.63) is 109 Å². The quantitative estimate of drug-likeness (QED) is 0.116. The third kappa shape index (κ3) is 11.0. The largest absolute Gasteiger partial charge is 1.00 e. The van der Waals surface area contributed by atoms with Crippen LogP contribution >= 0.6 is 0 Å². The van der Waals surface area contributed by atoms with E-state index in [1.54, 1.807) is 36.1 Å². The van der Waals surface area contributed by atoms with Gasteiger partial charge in [0.1, 0.15) is 0 Å². The van der Waals surface area contributed by atoms with E-state index < -0.39 is 8.07 Å². The van der Waals surface area contributed by atoms with Gasteiger partial charge in [-0.25, -0.2) is 0 Å². The van der Waals surface area contributed by atoms with Crippen LogP contribution in [0.25, 0.3) is 0 Å². The van der Waals surface area contributed by atoms with Crippen molar-refractivity contribution in [2.45, 2.75) is 190 Å². The van der Waals surface area contributed by atoms with Crippen molar-refractivity contribution < 1.29 is 57.7 Å². The normalized spacial score (nSPS) is 17.0. The maximum atomic E-state index is 2.74. The summed E-state index contributed by atoms with van der Waals surface area (Å²) in [6, 6.07) is 23.9. The van der Waals surface area contributed by atoms with Crippen LogP contribution in [0.4, 0.5) is 0 Å². The molecule has 0 nitrogen and oxygen atoms in total. The van der Waals surface area contributed by atoms with Gasteiger partial charge in [0.2, 0.25) is 0 Å². The van der Waals surface area contributed by atoms with E-state index in [1.165, 1.54) is 97.6 Å². The van der Waals surface area contributed by atoms with E-state index >= 15 is 0 Å². The van der Waals surface area contributed by atoms with E-state index in [1.807, 2.05) is 0 Å². The summed E-state index contributed by atoms with van der Waals surface area (Å²) in [5.41, 5.74) is 13.6. The molecule has 308 valence electrons. The Morgan fingerprint density at radius 2 is 0.875 bits per heavy atom. The van der Waals surface area contributed by atoms with E-state index in [2.05, 4.69) is 172 Å². The molecule has 2 atom stereocenters. The van der Waals surface area contributed by atoms with E-state index in [0.29, 0.717) is 0 Å². The monoisotopic (exact) mass is 868 g/mol. The van der Waals surface area contributed by atoms with Gasteiger partial charge >= 0.3 is 342 Å². The summed E-state index contributed by atoms with van der Waals surface area (Å²) in [6.07, 6.45) is 14.8. The predicted molar refractivity (Wildman–Crippen MR) is 235 cm³/mol. The van der Waals surface area contributed by atoms with Crippen LogP contribution in [0.1, 0.15) is 182 Å². The molecule has 0 N–H and O–H groups in total. The smallest absolute Gasteiger partial charge is 1.00 e. The molecule has 3 aromatic carbocycles. The summed E-state index contributed by atoms with van der Waals surface area (Å²) in [5.74, 6) is 0. The fraction of sp³-hybridized carbons (Fsp3) is 0.569. The van der Waals surface area contributed by atoms with Crippen molar-refractivity contribution in [3.63, 3.8) is 0 Å². The van der Waals surface area contributed by atoms with Crippen LogP contribution in [0.5, 0.6) is 0 Å². The maximum absolute atomic E-state index is 2.93. The van der Waals surface area contributed by atoms with Crippen LogP contribution in [0.3, 0.4) is 0 Å². The summed E-state index contributed by atoms with van der Waals surface area (Å²) in [5, 5.41) is 4.68. The Morgan fingerprint density at radius 3 is 1.21 bits per heavy atom. The first-order chi connectivity index (χ1) is 24.9. The first-order valence-corrected chi connectivity index (χ1v) is 24.2. The molecule has 0 saturated heterocycles. The van der Waals surface area contributed by atoms with Gasteiger partial charge in [0.15, 0.2) is 0 Å². The van der Waals surface area contributed by atoms with Crippen LogP contribution in [0, 0.1) is 0 Å². The minimum Gasteiger partial charge on any atom is -1.00 e. The number of unbranched alkanes of at least 4 members (excludes halogenated alkanes) is 6. The molecule has 0 fully saturated rings. The molecule has 0 radical (unpaired) electrons. The van der Waals surface area contributed by atoms with Crippen molar-refractivity contribution in [2.75, 3.05) is 0 Å². The Morgan fingerprint density at radius 1 is 0.500 bits per heavy atom. The maximum Gasteiger partial charge on any atom is -1.00 e. The van der Waals surface area contributed by atoms with Gasteiger partial charge in [-0.05, 0) is 0 Å². The minimum absolute atomic E-state index is 0. The Bertz CT molecular complexity index is 1700. The average Bonchev–Trinajstić information content (AvgIpc) is 3.26. The van der Waals surface area contributed by atoms with Gasteiger partial charge in [-0.2, -0.15) is 0 Å². The number of benzene rings is 3. The van der Waals surface area contributed by atoms with Gasteiger partial charge in [-0.1, -0.05) is 0 Å². The molecule has 1 aliphatic carbocycles. The summed E-state index contributed by atoms with van der Waals surface area (Å²) < 4.78 is 1.58. The molecule has 0 bridgehead atoms. The van der Waals surface area contributed by atoms with Crippen molar-refractivity contribution >= 4 is 23.6 Å². The van der Waals surface area contributed by atoms with E-state index in [9.17, 15) is 0 Å². The molecular weight excluding hydrogens is 795 g/mol. The van der Waals surface area contributed by atoms with Gasteiger partial charge in [0, 0.05) is 0 Å². The van der Waals surface area contributed by atoms with Crippen molar-refractivity contribution in [2.24, 2.45) is 0 Å². The molecule has 1 aliphatic rings. The summed E-state index contributed by atoms with van der Waals surface area (Å²) in [6.45, 7) is 33.9. The second kappa shape index (κ2) is 22.0. The summed E-state index contributed by atoms with van der Waals surface area (Å²) in [7, 11) is -2.93. The van der Waals surface area contributed by atoms with E-state index in [0.717, 1.165) is 12.8 Å². The average molecular weight is 870 g/mol. The molecule has 4 rings (SSSR count). The third-order valence-electron chi connectivity index (χ3n) is 13.0. The van der Waals surface area contributed by atoms with Crippen LogP contribution in [0.15, 0.2) is 75.2 Å². The van der Waals surface area contributed by atoms with Crippen LogP contribution in [0.2, 0.25) is 5.04 Å². The Balaban J connectivity index is 0.00000523. The van der Waals surface area contributed by atoms with Gasteiger partial charge < -0.3 is 37.2 Å². The van der Waals surface area contributed by atoms with Gasteiger partial charge in [-0.3, -0.25) is 0 Å². The molecule has 5 heteroatoms. The molecule has 56 heavy (non-hydrogen) atoms. The fourth-order valence-electron chi connectivity index (χ4n) is 9.12. The molecule has 0 heterocycles. The molecule has 0 aromatic heterocycles. The number of rotatable bonds is 16. The topological polar surface area (TPSA) is 0 Å². The first kappa shape index (κ1) is 53.0. The van der Waals surface area contributed by atoms with E-state index in [-0.39, 0.29) is 53.1 Å². The van der Waals surface area contributed by atoms with Crippen molar-refractivity contribution in [1.29, 1.82) is 0 Å². The number of allylic oxidation sites excluding steroid dienone is 4. The standard InChI is InChI=1S/C51H75Si.3ClH.Ti/c1-15-19-21-23-25-42-28-43(26-24-22-20-16-2)32-47(31-42)52(51(14)36-37(5)38(6)39(51)7,46-29-40(17-3)27-41(18-4)30-46)48-34-44(49(8,9)10)33-45(35-48)50(11,12)13;;;;/h27-35H,15-26H2,1-14H3;3*1H;/q;;;;+3/p-3. The fourth-order valence-corrected chi connectivity index (χ4v) is 17.0. The minimum atomic E-state index is -2.93. The molecule has 0 amide bonds. The molecule has 2 unspecified atom stereocenters. The first-order valence-electron chi connectivity index (χ1n) is 21.4. The van der Waals surface area contributed by atoms with Gasteiger partial charge in [0.25, 0.3) is 0 Å². The second-order valence-corrected chi connectivity index (χ2v) is 23.8. The van der Waals surface area contributed by atoms with Crippen LogP contribution < -0.4 is 52.8 Å². The summed E-state index contributed by atoms with van der Waals surface area (Å²) >= 11 is 2.50. The number of halogens is 3. The van der Waals surface area contributed by atoms with Crippen LogP contribution in [-0.4, -0.2) is 8.07 Å².